The van der Waals surface area contributed by atoms with Gasteiger partial charge in [-0.05, 0) is 29.8 Å². The molecule has 0 N–H and O–H groups in total. The maximum atomic E-state index is 5.69. The number of benzene rings is 2. The number of methoxy groups -OCH3 is 1. The lowest BCUT2D eigenvalue weighted by atomic mass is 10.1. The highest BCUT2D eigenvalue weighted by Crippen LogP contribution is 2.33. The zero-order valence-electron chi connectivity index (χ0n) is 11.7. The highest BCUT2D eigenvalue weighted by molar-refractivity contribution is 7.18. The average Bonchev–Trinajstić information content (AvgIpc) is 2.96. The van der Waals surface area contributed by atoms with Gasteiger partial charge in [0.2, 0.25) is 0 Å². The quantitative estimate of drug-likeness (QED) is 0.647. The summed E-state index contributed by atoms with van der Waals surface area (Å²) in [6.45, 7) is 3.67. The van der Waals surface area contributed by atoms with E-state index >= 15 is 0 Å². The average molecular weight is 297 g/mol. The lowest BCUT2D eigenvalue weighted by molar-refractivity contribution is 0.183. The Labute approximate surface area is 127 Å². The first-order valence-electron chi connectivity index (χ1n) is 6.57. The van der Waals surface area contributed by atoms with Crippen LogP contribution in [-0.4, -0.2) is 12.1 Å². The molecule has 0 spiro atoms. The Balaban J connectivity index is 2.01. The topological polar surface area (TPSA) is 31.4 Å². The fourth-order valence-electron chi connectivity index (χ4n) is 2.16. The molecule has 106 valence electrons. The van der Waals surface area contributed by atoms with Crippen molar-refractivity contribution in [3.05, 3.63) is 71.9 Å². The van der Waals surface area contributed by atoms with Gasteiger partial charge in [-0.1, -0.05) is 30.8 Å². The van der Waals surface area contributed by atoms with E-state index in [2.05, 4.69) is 17.6 Å². The van der Waals surface area contributed by atoms with Crippen LogP contribution in [0.3, 0.4) is 0 Å². The number of thiazole rings is 1. The van der Waals surface area contributed by atoms with Gasteiger partial charge in [-0.3, -0.25) is 0 Å². The second-order valence-corrected chi connectivity index (χ2v) is 5.54. The van der Waals surface area contributed by atoms with Crippen LogP contribution >= 0.6 is 11.3 Å². The molecule has 1 aromatic heterocycles. The molecule has 4 heteroatoms. The van der Waals surface area contributed by atoms with E-state index in [0.29, 0.717) is 0 Å². The number of hydrogen-bond donors (Lipinski definition) is 0. The van der Waals surface area contributed by atoms with Crippen molar-refractivity contribution in [3.63, 3.8) is 0 Å². The summed E-state index contributed by atoms with van der Waals surface area (Å²) in [5, 5.41) is 0.918. The third-order valence-electron chi connectivity index (χ3n) is 3.19. The van der Waals surface area contributed by atoms with Crippen LogP contribution in [0.1, 0.15) is 16.7 Å². The molecule has 0 bridgehead atoms. The summed E-state index contributed by atoms with van der Waals surface area (Å²) in [6.07, 6.45) is 1.21. The highest BCUT2D eigenvalue weighted by atomic mass is 32.1. The largest absolute Gasteiger partial charge is 0.497 e. The zero-order valence-corrected chi connectivity index (χ0v) is 12.5. The Kier molecular flexibility index (Phi) is 3.88. The van der Waals surface area contributed by atoms with Crippen LogP contribution in [0.25, 0.3) is 10.2 Å². The summed E-state index contributed by atoms with van der Waals surface area (Å²) in [4.78, 5) is 4.67. The van der Waals surface area contributed by atoms with Crippen LogP contribution in [-0.2, 0) is 4.74 Å². The van der Waals surface area contributed by atoms with Crippen molar-refractivity contribution in [2.24, 2.45) is 0 Å². The predicted molar refractivity (Wildman–Crippen MR) is 85.7 cm³/mol. The van der Waals surface area contributed by atoms with Crippen molar-refractivity contribution in [2.75, 3.05) is 7.11 Å². The minimum absolute atomic E-state index is 0.245. The van der Waals surface area contributed by atoms with E-state index in [9.17, 15) is 0 Å². The van der Waals surface area contributed by atoms with Crippen LogP contribution in [0.2, 0.25) is 0 Å². The first kappa shape index (κ1) is 13.6. The fraction of sp³-hybridized carbons (Fsp3) is 0.118. The molecule has 21 heavy (non-hydrogen) atoms. The third-order valence-corrected chi connectivity index (χ3v) is 4.27. The molecule has 0 fully saturated rings. The number of rotatable bonds is 5. The van der Waals surface area contributed by atoms with Gasteiger partial charge in [-0.15, -0.1) is 11.3 Å². The normalized spacial score (nSPS) is 12.0. The van der Waals surface area contributed by atoms with Crippen LogP contribution in [0.5, 0.6) is 5.75 Å². The molecule has 1 unspecified atom stereocenters. The van der Waals surface area contributed by atoms with Gasteiger partial charge >= 0.3 is 0 Å². The summed E-state index contributed by atoms with van der Waals surface area (Å²) in [5.74, 6) is 0.820. The second kappa shape index (κ2) is 5.97. The Bertz CT molecular complexity index is 716. The van der Waals surface area contributed by atoms with Crippen LogP contribution in [0, 0.1) is 0 Å². The summed E-state index contributed by atoms with van der Waals surface area (Å²) in [6, 6.07) is 15.9. The molecule has 0 saturated heterocycles. The Hall–Kier alpha value is -2.33. The number of nitrogens with zero attached hydrogens (tertiary/aromatic N) is 1. The molecule has 0 aliphatic heterocycles. The standard InChI is InChI=1S/C17H15NO2S/c1-3-20-16(12-8-10-13(19-2)11-9-12)17-18-14-6-4-5-7-15(14)21-17/h3-11,16H,1H2,2H3. The van der Waals surface area contributed by atoms with E-state index in [1.165, 1.54) is 6.26 Å². The van der Waals surface area contributed by atoms with Gasteiger partial charge in [-0.25, -0.2) is 4.98 Å². The van der Waals surface area contributed by atoms with Gasteiger partial charge < -0.3 is 9.47 Å². The van der Waals surface area contributed by atoms with E-state index in [4.69, 9.17) is 9.47 Å². The van der Waals surface area contributed by atoms with Crippen molar-refractivity contribution in [2.45, 2.75) is 6.10 Å². The number of para-hydroxylation sites is 1. The maximum Gasteiger partial charge on any atom is 0.174 e. The van der Waals surface area contributed by atoms with Gasteiger partial charge in [0.05, 0.1) is 23.6 Å². The van der Waals surface area contributed by atoms with E-state index in [1.807, 2.05) is 42.5 Å². The molecule has 0 amide bonds. The minimum atomic E-state index is -0.245. The van der Waals surface area contributed by atoms with Crippen LogP contribution in [0.4, 0.5) is 0 Å². The fourth-order valence-corrected chi connectivity index (χ4v) is 3.19. The van der Waals surface area contributed by atoms with Gasteiger partial charge in [0.1, 0.15) is 10.8 Å². The Morgan fingerprint density at radius 3 is 2.57 bits per heavy atom. The molecule has 0 radical (unpaired) electrons. The van der Waals surface area contributed by atoms with Crippen molar-refractivity contribution in [1.29, 1.82) is 0 Å². The van der Waals surface area contributed by atoms with Gasteiger partial charge in [0.25, 0.3) is 0 Å². The van der Waals surface area contributed by atoms with Crippen LogP contribution < -0.4 is 4.74 Å². The van der Waals surface area contributed by atoms with Gasteiger partial charge in [0, 0.05) is 0 Å². The Morgan fingerprint density at radius 1 is 1.14 bits per heavy atom. The van der Waals surface area contributed by atoms with Gasteiger partial charge in [0.15, 0.2) is 6.10 Å². The third kappa shape index (κ3) is 2.76. The molecule has 0 aliphatic rings. The summed E-state index contributed by atoms with van der Waals surface area (Å²) in [5.41, 5.74) is 2.01. The first-order valence-corrected chi connectivity index (χ1v) is 7.39. The predicted octanol–water partition coefficient (Wildman–Crippen LogP) is 4.55. The SMILES string of the molecule is C=COC(c1ccc(OC)cc1)c1nc2ccccc2s1. The summed E-state index contributed by atoms with van der Waals surface area (Å²) < 4.78 is 12.0. The summed E-state index contributed by atoms with van der Waals surface area (Å²) >= 11 is 1.63. The molecule has 2 aromatic carbocycles. The van der Waals surface area contributed by atoms with Crippen molar-refractivity contribution in [3.8, 4) is 5.75 Å². The second-order valence-electron chi connectivity index (χ2n) is 4.48. The number of ether oxygens (including phenoxy) is 2. The molecule has 1 atom stereocenters. The van der Waals surface area contributed by atoms with E-state index < -0.39 is 0 Å². The number of fused-ring (bicyclic) bond motifs is 1. The zero-order chi connectivity index (χ0) is 14.7. The highest BCUT2D eigenvalue weighted by Gasteiger charge is 2.19. The molecule has 0 saturated carbocycles. The molecular weight excluding hydrogens is 282 g/mol. The van der Waals surface area contributed by atoms with Crippen molar-refractivity contribution < 1.29 is 9.47 Å². The number of hydrogen-bond acceptors (Lipinski definition) is 4. The van der Waals surface area contributed by atoms with E-state index in [-0.39, 0.29) is 6.10 Å². The first-order chi connectivity index (χ1) is 10.3. The smallest absolute Gasteiger partial charge is 0.174 e. The molecular formula is C17H15NO2S. The lowest BCUT2D eigenvalue weighted by Gasteiger charge is -2.14. The lowest BCUT2D eigenvalue weighted by Crippen LogP contribution is -2.02. The summed E-state index contributed by atoms with van der Waals surface area (Å²) in [7, 11) is 1.65. The van der Waals surface area contributed by atoms with Crippen molar-refractivity contribution in [1.82, 2.24) is 4.98 Å². The Morgan fingerprint density at radius 2 is 1.90 bits per heavy atom. The van der Waals surface area contributed by atoms with Crippen molar-refractivity contribution >= 4 is 21.6 Å². The van der Waals surface area contributed by atoms with Crippen LogP contribution in [0.15, 0.2) is 61.4 Å². The molecule has 1 heterocycles. The molecule has 3 nitrogen and oxygen atoms in total. The monoisotopic (exact) mass is 297 g/mol. The minimum Gasteiger partial charge on any atom is -0.497 e. The molecule has 3 aromatic rings. The molecule has 3 rings (SSSR count). The van der Waals surface area contributed by atoms with Gasteiger partial charge in [-0.2, -0.15) is 0 Å². The maximum absolute atomic E-state index is 5.69. The van der Waals surface area contributed by atoms with E-state index in [1.54, 1.807) is 18.4 Å². The number of aromatic nitrogens is 1. The molecule has 0 aliphatic carbocycles. The van der Waals surface area contributed by atoms with E-state index in [0.717, 1.165) is 26.5 Å².